The molecule has 0 radical (unpaired) electrons. The van der Waals surface area contributed by atoms with Crippen molar-refractivity contribution in [3.63, 3.8) is 0 Å². The van der Waals surface area contributed by atoms with E-state index in [1.54, 1.807) is 6.20 Å². The fourth-order valence-corrected chi connectivity index (χ4v) is 3.60. The molecule has 2 aromatic rings. The lowest BCUT2D eigenvalue weighted by Gasteiger charge is -2.12. The van der Waals surface area contributed by atoms with Crippen molar-refractivity contribution < 1.29 is 4.57 Å². The van der Waals surface area contributed by atoms with Crippen LogP contribution in [0.15, 0.2) is 48.7 Å². The van der Waals surface area contributed by atoms with Gasteiger partial charge in [0, 0.05) is 6.20 Å². The van der Waals surface area contributed by atoms with Crippen LogP contribution in [0.1, 0.15) is 0 Å². The molecular weight excluding hydrogens is 221 g/mol. The topological polar surface area (TPSA) is 54.0 Å². The van der Waals surface area contributed by atoms with Crippen molar-refractivity contribution in [2.45, 2.75) is 0 Å². The highest BCUT2D eigenvalue weighted by molar-refractivity contribution is 7.74. The molecule has 0 bridgehead atoms. The Balaban J connectivity index is 2.04. The summed E-state index contributed by atoms with van der Waals surface area (Å²) in [7, 11) is -2.77. The highest BCUT2D eigenvalue weighted by Gasteiger charge is 2.32. The normalized spacial score (nSPS) is 22.0. The Morgan fingerprint density at radius 3 is 2.56 bits per heavy atom. The number of anilines is 2. The molecule has 1 aromatic heterocycles. The molecule has 1 unspecified atom stereocenters. The van der Waals surface area contributed by atoms with Crippen LogP contribution < -0.4 is 15.5 Å². The number of hydrogen-bond donors (Lipinski definition) is 2. The van der Waals surface area contributed by atoms with Gasteiger partial charge in [-0.2, -0.15) is 0 Å². The quantitative estimate of drug-likeness (QED) is 0.740. The number of fused-ring (bicyclic) bond motifs is 1. The molecule has 80 valence electrons. The first-order chi connectivity index (χ1) is 7.78. The number of pyridine rings is 1. The summed E-state index contributed by atoms with van der Waals surface area (Å²) in [5, 5.41) is 6.73. The molecule has 0 saturated carbocycles. The first kappa shape index (κ1) is 9.43. The highest BCUT2D eigenvalue weighted by atomic mass is 31.2. The number of aromatic nitrogens is 1. The van der Waals surface area contributed by atoms with E-state index in [1.807, 2.05) is 42.5 Å². The van der Waals surface area contributed by atoms with E-state index in [0.717, 1.165) is 11.0 Å². The predicted molar refractivity (Wildman–Crippen MR) is 65.2 cm³/mol. The van der Waals surface area contributed by atoms with Crippen molar-refractivity contribution in [1.29, 1.82) is 0 Å². The second kappa shape index (κ2) is 3.35. The summed E-state index contributed by atoms with van der Waals surface area (Å²) in [5.74, 6) is 0.648. The molecule has 1 aliphatic rings. The maximum atomic E-state index is 12.6. The zero-order valence-electron chi connectivity index (χ0n) is 8.42. The van der Waals surface area contributed by atoms with Gasteiger partial charge in [0.15, 0.2) is 5.82 Å². The summed E-state index contributed by atoms with van der Waals surface area (Å²) in [4.78, 5) is 4.13. The third-order valence-corrected chi connectivity index (χ3v) is 4.58. The molecule has 0 saturated heterocycles. The minimum atomic E-state index is -2.77. The van der Waals surface area contributed by atoms with E-state index >= 15 is 0 Å². The molecule has 2 heterocycles. The van der Waals surface area contributed by atoms with Gasteiger partial charge in [-0.1, -0.05) is 18.2 Å². The SMILES string of the molecule is O=P1(c2ccccc2)Nc2cccnc2N1. The fourth-order valence-electron chi connectivity index (χ4n) is 1.70. The van der Waals surface area contributed by atoms with Crippen molar-refractivity contribution in [3.05, 3.63) is 48.7 Å². The van der Waals surface area contributed by atoms with Gasteiger partial charge in [-0.25, -0.2) is 4.98 Å². The molecule has 0 fully saturated rings. The van der Waals surface area contributed by atoms with Crippen LogP contribution in [0.25, 0.3) is 0 Å². The Kier molecular flexibility index (Phi) is 1.98. The van der Waals surface area contributed by atoms with E-state index in [0.29, 0.717) is 5.82 Å². The van der Waals surface area contributed by atoms with Crippen molar-refractivity contribution in [2.75, 3.05) is 10.2 Å². The highest BCUT2D eigenvalue weighted by Crippen LogP contribution is 2.51. The number of nitrogens with one attached hydrogen (secondary N) is 2. The molecule has 0 aliphatic carbocycles. The Morgan fingerprint density at radius 2 is 1.81 bits per heavy atom. The van der Waals surface area contributed by atoms with E-state index < -0.39 is 7.44 Å². The summed E-state index contributed by atoms with van der Waals surface area (Å²) in [6, 6.07) is 13.0. The van der Waals surface area contributed by atoms with Gasteiger partial charge < -0.3 is 5.09 Å². The lowest BCUT2D eigenvalue weighted by atomic mass is 10.4. The first-order valence-electron chi connectivity index (χ1n) is 4.95. The van der Waals surface area contributed by atoms with Gasteiger partial charge in [-0.15, -0.1) is 0 Å². The number of rotatable bonds is 1. The van der Waals surface area contributed by atoms with E-state index in [-0.39, 0.29) is 0 Å². The van der Waals surface area contributed by atoms with E-state index in [1.165, 1.54) is 0 Å². The van der Waals surface area contributed by atoms with Crippen molar-refractivity contribution >= 4 is 24.3 Å². The van der Waals surface area contributed by atoms with Gasteiger partial charge in [-0.05, 0) is 24.3 Å². The fraction of sp³-hybridized carbons (Fsp3) is 0. The zero-order valence-corrected chi connectivity index (χ0v) is 9.32. The molecule has 1 atom stereocenters. The maximum Gasteiger partial charge on any atom is 0.288 e. The Morgan fingerprint density at radius 1 is 1.00 bits per heavy atom. The van der Waals surface area contributed by atoms with Crippen LogP contribution in [-0.4, -0.2) is 4.98 Å². The summed E-state index contributed by atoms with van der Waals surface area (Å²) in [6.45, 7) is 0. The molecular formula is C11H10N3OP. The van der Waals surface area contributed by atoms with Gasteiger partial charge in [0.2, 0.25) is 0 Å². The minimum Gasteiger partial charge on any atom is -0.314 e. The molecule has 1 aromatic carbocycles. The van der Waals surface area contributed by atoms with Crippen LogP contribution in [0, 0.1) is 0 Å². The summed E-state index contributed by atoms with van der Waals surface area (Å²) < 4.78 is 12.6. The molecule has 2 N–H and O–H groups in total. The third kappa shape index (κ3) is 1.39. The molecule has 0 amide bonds. The average Bonchev–Trinajstić information content (AvgIpc) is 2.68. The Bertz CT molecular complexity index is 541. The summed E-state index contributed by atoms with van der Waals surface area (Å²) >= 11 is 0. The lowest BCUT2D eigenvalue weighted by Crippen LogP contribution is -2.12. The van der Waals surface area contributed by atoms with Crippen LogP contribution in [0.4, 0.5) is 11.5 Å². The summed E-state index contributed by atoms with van der Waals surface area (Å²) in [5.41, 5.74) is 0.787. The van der Waals surface area contributed by atoms with Crippen molar-refractivity contribution in [3.8, 4) is 0 Å². The monoisotopic (exact) mass is 231 g/mol. The van der Waals surface area contributed by atoms with E-state index in [9.17, 15) is 4.57 Å². The largest absolute Gasteiger partial charge is 0.314 e. The second-order valence-electron chi connectivity index (χ2n) is 3.57. The number of nitrogens with zero attached hydrogens (tertiary/aromatic N) is 1. The lowest BCUT2D eigenvalue weighted by molar-refractivity contribution is 0.588. The van der Waals surface area contributed by atoms with Crippen molar-refractivity contribution in [2.24, 2.45) is 0 Å². The van der Waals surface area contributed by atoms with Crippen LogP contribution in [0.2, 0.25) is 0 Å². The molecule has 3 rings (SSSR count). The Hall–Kier alpha value is -1.80. The van der Waals surface area contributed by atoms with Gasteiger partial charge in [-0.3, -0.25) is 9.65 Å². The molecule has 1 aliphatic heterocycles. The van der Waals surface area contributed by atoms with Gasteiger partial charge >= 0.3 is 0 Å². The van der Waals surface area contributed by atoms with Gasteiger partial charge in [0.05, 0.1) is 11.0 Å². The standard InChI is InChI=1S/C11H10N3OP/c15-16(9-5-2-1-3-6-9)13-10-7-4-8-12-11(10)14-16/h1-8H,(H2,12,13,14,15). The van der Waals surface area contributed by atoms with Gasteiger partial charge in [0.1, 0.15) is 0 Å². The minimum absolute atomic E-state index is 0.648. The van der Waals surface area contributed by atoms with E-state index in [4.69, 9.17) is 0 Å². The zero-order chi connectivity index (χ0) is 11.0. The molecule has 0 spiro atoms. The van der Waals surface area contributed by atoms with Crippen LogP contribution >= 0.6 is 7.44 Å². The van der Waals surface area contributed by atoms with E-state index in [2.05, 4.69) is 15.2 Å². The average molecular weight is 231 g/mol. The van der Waals surface area contributed by atoms with Crippen LogP contribution in [0.3, 0.4) is 0 Å². The molecule has 16 heavy (non-hydrogen) atoms. The van der Waals surface area contributed by atoms with Gasteiger partial charge in [0.25, 0.3) is 7.44 Å². The maximum absolute atomic E-state index is 12.6. The predicted octanol–water partition coefficient (Wildman–Crippen LogP) is 2.44. The third-order valence-electron chi connectivity index (χ3n) is 2.47. The smallest absolute Gasteiger partial charge is 0.288 e. The van der Waals surface area contributed by atoms with Crippen LogP contribution in [-0.2, 0) is 4.57 Å². The first-order valence-corrected chi connectivity index (χ1v) is 6.66. The van der Waals surface area contributed by atoms with Crippen molar-refractivity contribution in [1.82, 2.24) is 4.98 Å². The summed E-state index contributed by atoms with van der Waals surface area (Å²) in [6.07, 6.45) is 1.67. The van der Waals surface area contributed by atoms with Crippen LogP contribution in [0.5, 0.6) is 0 Å². The number of hydrogen-bond acceptors (Lipinski definition) is 2. The second-order valence-corrected chi connectivity index (χ2v) is 5.75. The number of benzene rings is 1. The molecule has 5 heteroatoms. The molecule has 4 nitrogen and oxygen atoms in total. The Labute approximate surface area is 93.2 Å².